The smallest absolute Gasteiger partial charge is 0.255 e. The van der Waals surface area contributed by atoms with Gasteiger partial charge in [-0.1, -0.05) is 28.1 Å². The first-order valence-corrected chi connectivity index (χ1v) is 10.4. The molecule has 0 fully saturated rings. The molecular formula is C18H20BrNO4S. The van der Waals surface area contributed by atoms with Gasteiger partial charge in [0.25, 0.3) is 5.91 Å². The number of ether oxygens (including phenoxy) is 1. The van der Waals surface area contributed by atoms with Crippen LogP contribution in [0.4, 0.5) is 0 Å². The van der Waals surface area contributed by atoms with E-state index in [0.29, 0.717) is 17.9 Å². The number of nitrogens with one attached hydrogen (secondary N) is 1. The van der Waals surface area contributed by atoms with Gasteiger partial charge in [0.15, 0.2) is 9.84 Å². The van der Waals surface area contributed by atoms with E-state index in [9.17, 15) is 13.2 Å². The summed E-state index contributed by atoms with van der Waals surface area (Å²) in [6.45, 7) is 4.08. The summed E-state index contributed by atoms with van der Waals surface area (Å²) < 4.78 is 29.4. The van der Waals surface area contributed by atoms with E-state index in [1.54, 1.807) is 30.3 Å². The Labute approximate surface area is 156 Å². The summed E-state index contributed by atoms with van der Waals surface area (Å²) in [4.78, 5) is 12.7. The first kappa shape index (κ1) is 19.5. The van der Waals surface area contributed by atoms with Gasteiger partial charge in [-0.25, -0.2) is 8.42 Å². The molecule has 25 heavy (non-hydrogen) atoms. The van der Waals surface area contributed by atoms with Crippen LogP contribution in [0.5, 0.6) is 5.75 Å². The number of rotatable bonds is 6. The van der Waals surface area contributed by atoms with Crippen molar-refractivity contribution in [3.63, 3.8) is 0 Å². The molecule has 0 saturated heterocycles. The van der Waals surface area contributed by atoms with Gasteiger partial charge in [-0.05, 0) is 49.7 Å². The molecule has 0 aliphatic rings. The average Bonchev–Trinajstić information content (AvgIpc) is 2.51. The highest BCUT2D eigenvalue weighted by atomic mass is 79.9. The van der Waals surface area contributed by atoms with Gasteiger partial charge in [-0.15, -0.1) is 0 Å². The molecule has 0 unspecified atom stereocenters. The van der Waals surface area contributed by atoms with Crippen LogP contribution >= 0.6 is 15.9 Å². The van der Waals surface area contributed by atoms with Crippen molar-refractivity contribution in [1.29, 1.82) is 0 Å². The van der Waals surface area contributed by atoms with Crippen LogP contribution in [0.15, 0.2) is 51.8 Å². The summed E-state index contributed by atoms with van der Waals surface area (Å²) in [6, 6.07) is 11.7. The molecule has 0 saturated carbocycles. The third-order valence-electron chi connectivity index (χ3n) is 3.36. The maximum absolute atomic E-state index is 12.5. The quantitative estimate of drug-likeness (QED) is 0.767. The molecule has 5 nitrogen and oxygen atoms in total. The number of hydrogen-bond donors (Lipinski definition) is 1. The second-order valence-corrected chi connectivity index (χ2v) is 8.84. The number of hydrogen-bond acceptors (Lipinski definition) is 4. The monoisotopic (exact) mass is 425 g/mol. The van der Waals surface area contributed by atoms with Crippen molar-refractivity contribution < 1.29 is 17.9 Å². The largest absolute Gasteiger partial charge is 0.490 e. The Morgan fingerprint density at radius 2 is 1.80 bits per heavy atom. The molecule has 1 N–H and O–H groups in total. The lowest BCUT2D eigenvalue weighted by molar-refractivity contribution is 0.0945. The summed E-state index contributed by atoms with van der Waals surface area (Å²) in [5, 5.41) is 2.82. The minimum atomic E-state index is -3.22. The lowest BCUT2D eigenvalue weighted by Crippen LogP contribution is -2.24. The Bertz CT molecular complexity index is 861. The molecule has 0 radical (unpaired) electrons. The number of carbonyl (C=O) groups is 1. The van der Waals surface area contributed by atoms with Crippen molar-refractivity contribution >= 4 is 31.7 Å². The van der Waals surface area contributed by atoms with Crippen LogP contribution in [0.3, 0.4) is 0 Å². The van der Waals surface area contributed by atoms with Crippen molar-refractivity contribution in [3.05, 3.63) is 58.1 Å². The normalized spacial score (nSPS) is 11.4. The summed E-state index contributed by atoms with van der Waals surface area (Å²) in [5.74, 6) is 0.254. The van der Waals surface area contributed by atoms with Gasteiger partial charge in [0, 0.05) is 17.3 Å². The zero-order valence-corrected chi connectivity index (χ0v) is 16.6. The van der Waals surface area contributed by atoms with Gasteiger partial charge in [-0.3, -0.25) is 4.79 Å². The molecule has 0 heterocycles. The van der Waals surface area contributed by atoms with E-state index < -0.39 is 9.84 Å². The van der Waals surface area contributed by atoms with E-state index in [1.165, 1.54) is 12.1 Å². The number of amides is 1. The van der Waals surface area contributed by atoms with E-state index in [0.717, 1.165) is 16.3 Å². The third-order valence-corrected chi connectivity index (χ3v) is 4.98. The van der Waals surface area contributed by atoms with E-state index in [1.807, 2.05) is 13.8 Å². The van der Waals surface area contributed by atoms with Crippen LogP contribution in [-0.4, -0.2) is 26.7 Å². The maximum Gasteiger partial charge on any atom is 0.255 e. The Morgan fingerprint density at radius 1 is 1.16 bits per heavy atom. The predicted octanol–water partition coefficient (Wildman–Crippen LogP) is 3.57. The van der Waals surface area contributed by atoms with Crippen molar-refractivity contribution in [2.45, 2.75) is 31.4 Å². The minimum Gasteiger partial charge on any atom is -0.490 e. The molecule has 134 valence electrons. The highest BCUT2D eigenvalue weighted by Gasteiger charge is 2.14. The molecule has 2 aromatic carbocycles. The van der Waals surface area contributed by atoms with Gasteiger partial charge in [0.05, 0.1) is 16.6 Å². The van der Waals surface area contributed by atoms with E-state index in [2.05, 4.69) is 21.2 Å². The van der Waals surface area contributed by atoms with Crippen LogP contribution in [0.25, 0.3) is 0 Å². The lowest BCUT2D eigenvalue weighted by Gasteiger charge is -2.14. The molecule has 2 aromatic rings. The lowest BCUT2D eigenvalue weighted by atomic mass is 10.1. The number of sulfone groups is 1. The van der Waals surface area contributed by atoms with Crippen LogP contribution in [0.2, 0.25) is 0 Å². The number of carbonyl (C=O) groups excluding carboxylic acids is 1. The van der Waals surface area contributed by atoms with E-state index >= 15 is 0 Å². The summed E-state index contributed by atoms with van der Waals surface area (Å²) in [5.41, 5.74) is 1.26. The highest BCUT2D eigenvalue weighted by molar-refractivity contribution is 9.10. The van der Waals surface area contributed by atoms with Crippen molar-refractivity contribution in [1.82, 2.24) is 5.32 Å². The topological polar surface area (TPSA) is 72.5 Å². The summed E-state index contributed by atoms with van der Waals surface area (Å²) in [7, 11) is -3.22. The maximum atomic E-state index is 12.5. The Morgan fingerprint density at radius 3 is 2.36 bits per heavy atom. The minimum absolute atomic E-state index is 0.0515. The molecule has 7 heteroatoms. The molecule has 0 bridgehead atoms. The fraction of sp³-hybridized carbons (Fsp3) is 0.278. The van der Waals surface area contributed by atoms with Gasteiger partial charge in [-0.2, -0.15) is 0 Å². The predicted molar refractivity (Wildman–Crippen MR) is 101 cm³/mol. The summed E-state index contributed by atoms with van der Waals surface area (Å²) in [6.07, 6.45) is 1.11. The number of benzene rings is 2. The molecule has 1 amide bonds. The van der Waals surface area contributed by atoms with Crippen LogP contribution in [0.1, 0.15) is 29.8 Å². The summed E-state index contributed by atoms with van der Waals surface area (Å²) >= 11 is 3.37. The van der Waals surface area contributed by atoms with Crippen molar-refractivity contribution in [2.24, 2.45) is 0 Å². The second kappa shape index (κ2) is 8.01. The zero-order chi connectivity index (χ0) is 18.6. The Balaban J connectivity index is 2.10. The molecule has 2 rings (SSSR count). The van der Waals surface area contributed by atoms with Gasteiger partial charge < -0.3 is 10.1 Å². The molecule has 0 atom stereocenters. The second-order valence-electron chi connectivity index (χ2n) is 5.91. The van der Waals surface area contributed by atoms with E-state index in [4.69, 9.17) is 4.74 Å². The zero-order valence-electron chi connectivity index (χ0n) is 14.2. The van der Waals surface area contributed by atoms with Gasteiger partial charge in [0.1, 0.15) is 5.75 Å². The molecule has 0 aliphatic heterocycles. The molecule has 0 aromatic heterocycles. The Kier molecular flexibility index (Phi) is 6.24. The van der Waals surface area contributed by atoms with Crippen LogP contribution in [0, 0.1) is 0 Å². The van der Waals surface area contributed by atoms with Crippen LogP contribution in [-0.2, 0) is 16.4 Å². The van der Waals surface area contributed by atoms with Crippen molar-refractivity contribution in [2.75, 3.05) is 6.26 Å². The fourth-order valence-corrected chi connectivity index (χ4v) is 3.14. The number of halogens is 1. The van der Waals surface area contributed by atoms with Gasteiger partial charge >= 0.3 is 0 Å². The fourth-order valence-electron chi connectivity index (χ4n) is 2.17. The van der Waals surface area contributed by atoms with E-state index in [-0.39, 0.29) is 16.9 Å². The first-order valence-electron chi connectivity index (χ1n) is 7.70. The molecule has 0 spiro atoms. The first-order chi connectivity index (χ1) is 11.7. The third kappa shape index (κ3) is 5.57. The average molecular weight is 426 g/mol. The van der Waals surface area contributed by atoms with Crippen LogP contribution < -0.4 is 10.1 Å². The van der Waals surface area contributed by atoms with Crippen molar-refractivity contribution in [3.8, 4) is 5.75 Å². The Hall–Kier alpha value is -1.86. The standard InChI is InChI=1S/C18H20BrNO4S/c1-12(2)24-17-10-14(19)6-9-16(17)18(21)20-11-13-4-7-15(8-5-13)25(3,22)23/h4-10,12H,11H2,1-3H3,(H,20,21). The SMILES string of the molecule is CC(C)Oc1cc(Br)ccc1C(=O)NCc1ccc(S(C)(=O)=O)cc1. The highest BCUT2D eigenvalue weighted by Crippen LogP contribution is 2.25. The molecule has 0 aliphatic carbocycles. The van der Waals surface area contributed by atoms with Gasteiger partial charge in [0.2, 0.25) is 0 Å². The molecular weight excluding hydrogens is 406 g/mol.